The first kappa shape index (κ1) is 20.1. The Hall–Kier alpha value is -2.64. The molecule has 3 nitrogen and oxygen atoms in total. The SMILES string of the molecule is O=C(/C=C\c1cccc(C(F)(F)F)c1)Nc1ncc(Cc2cccc(Cl)c2)s1. The molecule has 8 heteroatoms. The van der Waals surface area contributed by atoms with Crippen LogP contribution >= 0.6 is 22.9 Å². The number of benzene rings is 2. The van der Waals surface area contributed by atoms with Gasteiger partial charge in [0.25, 0.3) is 0 Å². The number of hydrogen-bond acceptors (Lipinski definition) is 3. The van der Waals surface area contributed by atoms with Crippen LogP contribution in [0.3, 0.4) is 0 Å². The summed E-state index contributed by atoms with van der Waals surface area (Å²) in [5, 5.41) is 3.67. The molecule has 0 spiro atoms. The molecule has 144 valence electrons. The van der Waals surface area contributed by atoms with E-state index >= 15 is 0 Å². The molecule has 0 aliphatic carbocycles. The third-order valence-corrected chi connectivity index (χ3v) is 4.84. The third-order valence-electron chi connectivity index (χ3n) is 3.69. The lowest BCUT2D eigenvalue weighted by Crippen LogP contribution is -2.07. The molecule has 0 aliphatic heterocycles. The summed E-state index contributed by atoms with van der Waals surface area (Å²) in [5.41, 5.74) is 0.546. The first-order valence-corrected chi connectivity index (χ1v) is 9.34. The zero-order valence-electron chi connectivity index (χ0n) is 14.3. The number of nitrogens with one attached hydrogen (secondary N) is 1. The van der Waals surface area contributed by atoms with E-state index in [1.165, 1.54) is 35.6 Å². The van der Waals surface area contributed by atoms with Crippen LogP contribution in [0.2, 0.25) is 5.02 Å². The van der Waals surface area contributed by atoms with Crippen molar-refractivity contribution in [3.05, 3.63) is 87.4 Å². The topological polar surface area (TPSA) is 42.0 Å². The van der Waals surface area contributed by atoms with Crippen LogP contribution in [-0.4, -0.2) is 10.9 Å². The molecule has 0 aliphatic rings. The Morgan fingerprint density at radius 2 is 1.96 bits per heavy atom. The van der Waals surface area contributed by atoms with Gasteiger partial charge < -0.3 is 0 Å². The van der Waals surface area contributed by atoms with E-state index in [1.54, 1.807) is 12.3 Å². The van der Waals surface area contributed by atoms with Crippen LogP contribution in [0, 0.1) is 0 Å². The first-order valence-electron chi connectivity index (χ1n) is 8.15. The van der Waals surface area contributed by atoms with Gasteiger partial charge in [0.05, 0.1) is 5.56 Å². The summed E-state index contributed by atoms with van der Waals surface area (Å²) in [6.07, 6.45) is 0.372. The van der Waals surface area contributed by atoms with Gasteiger partial charge >= 0.3 is 6.18 Å². The minimum atomic E-state index is -4.42. The Balaban J connectivity index is 1.61. The van der Waals surface area contributed by atoms with Gasteiger partial charge in [-0.15, -0.1) is 11.3 Å². The fourth-order valence-corrected chi connectivity index (χ4v) is 3.50. The molecule has 0 fully saturated rings. The molecule has 2 aromatic carbocycles. The van der Waals surface area contributed by atoms with Gasteiger partial charge in [-0.05, 0) is 41.5 Å². The van der Waals surface area contributed by atoms with Crippen molar-refractivity contribution >= 4 is 40.1 Å². The molecule has 0 saturated carbocycles. The van der Waals surface area contributed by atoms with Crippen molar-refractivity contribution in [3.8, 4) is 0 Å². The van der Waals surface area contributed by atoms with Crippen molar-refractivity contribution in [2.45, 2.75) is 12.6 Å². The quantitative estimate of drug-likeness (QED) is 0.508. The lowest BCUT2D eigenvalue weighted by molar-refractivity contribution is -0.137. The van der Waals surface area contributed by atoms with Crippen molar-refractivity contribution in [1.82, 2.24) is 4.98 Å². The van der Waals surface area contributed by atoms with Gasteiger partial charge in [-0.3, -0.25) is 10.1 Å². The van der Waals surface area contributed by atoms with E-state index in [2.05, 4.69) is 10.3 Å². The molecule has 1 aromatic heterocycles. The Kier molecular flexibility index (Phi) is 6.16. The van der Waals surface area contributed by atoms with Crippen molar-refractivity contribution in [2.24, 2.45) is 0 Å². The zero-order valence-corrected chi connectivity index (χ0v) is 15.9. The highest BCUT2D eigenvalue weighted by Crippen LogP contribution is 2.29. The van der Waals surface area contributed by atoms with E-state index in [0.717, 1.165) is 22.6 Å². The second kappa shape index (κ2) is 8.58. The summed E-state index contributed by atoms with van der Waals surface area (Å²) in [5.74, 6) is -0.471. The van der Waals surface area contributed by atoms with Gasteiger partial charge in [-0.25, -0.2) is 4.98 Å². The molecule has 1 heterocycles. The number of halogens is 4. The largest absolute Gasteiger partial charge is 0.416 e. The summed E-state index contributed by atoms with van der Waals surface area (Å²) in [6, 6.07) is 12.2. The Morgan fingerprint density at radius 1 is 1.18 bits per heavy atom. The number of carbonyl (C=O) groups excluding carboxylic acids is 1. The number of amides is 1. The van der Waals surface area contributed by atoms with Gasteiger partial charge in [0.1, 0.15) is 0 Å². The second-order valence-electron chi connectivity index (χ2n) is 5.88. The molecule has 0 radical (unpaired) electrons. The van der Waals surface area contributed by atoms with Gasteiger partial charge in [-0.1, -0.05) is 35.9 Å². The maximum Gasteiger partial charge on any atom is 0.416 e. The first-order chi connectivity index (χ1) is 13.3. The number of alkyl halides is 3. The summed E-state index contributed by atoms with van der Waals surface area (Å²) >= 11 is 7.29. The fourth-order valence-electron chi connectivity index (χ4n) is 2.43. The number of nitrogens with zero attached hydrogens (tertiary/aromatic N) is 1. The number of anilines is 1. The minimum Gasteiger partial charge on any atom is -0.298 e. The number of hydrogen-bond donors (Lipinski definition) is 1. The molecule has 28 heavy (non-hydrogen) atoms. The number of carbonyl (C=O) groups is 1. The molecular weight excluding hydrogens is 409 g/mol. The molecule has 0 atom stereocenters. The molecule has 1 N–H and O–H groups in total. The van der Waals surface area contributed by atoms with Crippen LogP contribution in [0.1, 0.15) is 21.6 Å². The van der Waals surface area contributed by atoms with Crippen molar-refractivity contribution < 1.29 is 18.0 Å². The minimum absolute atomic E-state index is 0.283. The van der Waals surface area contributed by atoms with Crippen LogP contribution in [0.5, 0.6) is 0 Å². The molecular formula is C20H14ClF3N2OS. The second-order valence-corrected chi connectivity index (χ2v) is 7.44. The highest BCUT2D eigenvalue weighted by Gasteiger charge is 2.30. The van der Waals surface area contributed by atoms with Crippen LogP contribution in [0.25, 0.3) is 6.08 Å². The van der Waals surface area contributed by atoms with E-state index in [9.17, 15) is 18.0 Å². The van der Waals surface area contributed by atoms with Crippen molar-refractivity contribution in [3.63, 3.8) is 0 Å². The zero-order chi connectivity index (χ0) is 20.1. The average Bonchev–Trinajstić information content (AvgIpc) is 3.06. The molecule has 1 amide bonds. The number of thiazole rings is 1. The Labute approximate surface area is 168 Å². The Bertz CT molecular complexity index is 1010. The number of aromatic nitrogens is 1. The van der Waals surface area contributed by atoms with Crippen molar-refractivity contribution in [1.29, 1.82) is 0 Å². The standard InChI is InChI=1S/C20H14ClF3N2OS/c21-16-6-2-4-14(10-16)11-17-12-25-19(28-17)26-18(27)8-7-13-3-1-5-15(9-13)20(22,23)24/h1-10,12H,11H2,(H,25,26,27)/b8-7-. The predicted molar refractivity (Wildman–Crippen MR) is 105 cm³/mol. The normalized spacial score (nSPS) is 11.7. The van der Waals surface area contributed by atoms with Crippen LogP contribution in [-0.2, 0) is 17.4 Å². The molecule has 0 bridgehead atoms. The third kappa shape index (κ3) is 5.68. The smallest absolute Gasteiger partial charge is 0.298 e. The maximum absolute atomic E-state index is 12.7. The average molecular weight is 423 g/mol. The molecule has 0 saturated heterocycles. The van der Waals surface area contributed by atoms with Gasteiger partial charge in [0.15, 0.2) is 5.13 Å². The predicted octanol–water partition coefficient (Wildman–Crippen LogP) is 6.06. The lowest BCUT2D eigenvalue weighted by atomic mass is 10.1. The van der Waals surface area contributed by atoms with Gasteiger partial charge in [-0.2, -0.15) is 13.2 Å². The van der Waals surface area contributed by atoms with E-state index in [-0.39, 0.29) is 5.56 Å². The maximum atomic E-state index is 12.7. The van der Waals surface area contributed by atoms with Crippen LogP contribution in [0.15, 0.2) is 60.8 Å². The Morgan fingerprint density at radius 3 is 2.71 bits per heavy atom. The molecule has 0 unspecified atom stereocenters. The summed E-state index contributed by atoms with van der Waals surface area (Å²) in [7, 11) is 0. The van der Waals surface area contributed by atoms with Gasteiger partial charge in [0.2, 0.25) is 5.91 Å². The highest BCUT2D eigenvalue weighted by molar-refractivity contribution is 7.15. The van der Waals surface area contributed by atoms with Gasteiger partial charge in [0, 0.05) is 28.6 Å². The molecule has 3 aromatic rings. The fraction of sp³-hybridized carbons (Fsp3) is 0.100. The number of rotatable bonds is 5. The van der Waals surface area contributed by atoms with Crippen molar-refractivity contribution in [2.75, 3.05) is 5.32 Å². The van der Waals surface area contributed by atoms with E-state index in [1.807, 2.05) is 18.2 Å². The lowest BCUT2D eigenvalue weighted by Gasteiger charge is -2.06. The monoisotopic (exact) mass is 422 g/mol. The summed E-state index contributed by atoms with van der Waals surface area (Å²) in [6.45, 7) is 0. The van der Waals surface area contributed by atoms with Crippen LogP contribution < -0.4 is 5.32 Å². The molecule has 3 rings (SSSR count). The van der Waals surface area contributed by atoms with Crippen LogP contribution in [0.4, 0.5) is 18.3 Å². The van der Waals surface area contributed by atoms with E-state index in [0.29, 0.717) is 16.6 Å². The summed E-state index contributed by atoms with van der Waals surface area (Å²) < 4.78 is 38.2. The summed E-state index contributed by atoms with van der Waals surface area (Å²) in [4.78, 5) is 17.1. The van der Waals surface area contributed by atoms with E-state index < -0.39 is 17.6 Å². The highest BCUT2D eigenvalue weighted by atomic mass is 35.5. The van der Waals surface area contributed by atoms with E-state index in [4.69, 9.17) is 11.6 Å².